The molecule has 1 aromatic heterocycles. The van der Waals surface area contributed by atoms with Crippen LogP contribution in [0.25, 0.3) is 0 Å². The van der Waals surface area contributed by atoms with Gasteiger partial charge in [0.25, 0.3) is 5.91 Å². The number of carbonyl (C=O) groups is 1. The fourth-order valence-electron chi connectivity index (χ4n) is 3.31. The van der Waals surface area contributed by atoms with E-state index < -0.39 is 0 Å². The second kappa shape index (κ2) is 6.02. The molecule has 1 saturated heterocycles. The van der Waals surface area contributed by atoms with Gasteiger partial charge < -0.3 is 14.5 Å². The van der Waals surface area contributed by atoms with Gasteiger partial charge in [-0.25, -0.2) is 4.98 Å². The molecule has 0 spiro atoms. The molecule has 0 N–H and O–H groups in total. The first-order chi connectivity index (χ1) is 10.2. The van der Waals surface area contributed by atoms with Gasteiger partial charge in [0.15, 0.2) is 0 Å². The summed E-state index contributed by atoms with van der Waals surface area (Å²) in [5, 5.41) is 0. The molecule has 1 aliphatic carbocycles. The van der Waals surface area contributed by atoms with Crippen LogP contribution in [0.1, 0.15) is 36.0 Å². The lowest BCUT2D eigenvalue weighted by Crippen LogP contribution is -2.54. The van der Waals surface area contributed by atoms with Crippen LogP contribution in [0, 0.1) is 0 Å². The third-order valence-corrected chi connectivity index (χ3v) is 4.44. The summed E-state index contributed by atoms with van der Waals surface area (Å²) in [7, 11) is 3.87. The lowest BCUT2D eigenvalue weighted by molar-refractivity contribution is -0.0752. The minimum Gasteiger partial charge on any atom is -0.374 e. The zero-order valence-corrected chi connectivity index (χ0v) is 12.8. The van der Waals surface area contributed by atoms with Gasteiger partial charge in [0.2, 0.25) is 0 Å². The number of aromatic nitrogens is 1. The van der Waals surface area contributed by atoms with E-state index in [0.717, 1.165) is 24.2 Å². The van der Waals surface area contributed by atoms with E-state index in [-0.39, 0.29) is 18.1 Å². The molecular weight excluding hydrogens is 266 g/mol. The molecule has 114 valence electrons. The predicted molar refractivity (Wildman–Crippen MR) is 81.6 cm³/mol. The Morgan fingerprint density at radius 1 is 1.38 bits per heavy atom. The predicted octanol–water partition coefficient (Wildman–Crippen LogP) is 1.93. The van der Waals surface area contributed by atoms with Crippen molar-refractivity contribution < 1.29 is 9.53 Å². The molecule has 0 radical (unpaired) electrons. The summed E-state index contributed by atoms with van der Waals surface area (Å²) in [5.74, 6) is 0.926. The number of morpholine rings is 1. The minimum absolute atomic E-state index is 0.112. The van der Waals surface area contributed by atoms with E-state index in [0.29, 0.717) is 13.2 Å². The number of fused-ring (bicyclic) bond motifs is 1. The Hall–Kier alpha value is -1.62. The molecule has 3 rings (SSSR count). The van der Waals surface area contributed by atoms with Gasteiger partial charge in [0.05, 0.1) is 18.8 Å². The van der Waals surface area contributed by atoms with Crippen LogP contribution in [0.5, 0.6) is 0 Å². The summed E-state index contributed by atoms with van der Waals surface area (Å²) in [4.78, 5) is 21.1. The van der Waals surface area contributed by atoms with E-state index in [1.807, 2.05) is 36.0 Å². The first kappa shape index (κ1) is 14.3. The van der Waals surface area contributed by atoms with Gasteiger partial charge >= 0.3 is 0 Å². The van der Waals surface area contributed by atoms with Crippen molar-refractivity contribution in [1.82, 2.24) is 9.88 Å². The van der Waals surface area contributed by atoms with Crippen LogP contribution in [0.3, 0.4) is 0 Å². The quantitative estimate of drug-likeness (QED) is 0.834. The van der Waals surface area contributed by atoms with Crippen molar-refractivity contribution in [3.8, 4) is 0 Å². The van der Waals surface area contributed by atoms with E-state index in [1.165, 1.54) is 12.8 Å². The number of hydrogen-bond donors (Lipinski definition) is 0. The average Bonchev–Trinajstić information content (AvgIpc) is 2.53. The van der Waals surface area contributed by atoms with E-state index in [9.17, 15) is 4.79 Å². The molecule has 1 amide bonds. The molecule has 1 aromatic rings. The summed E-state index contributed by atoms with van der Waals surface area (Å²) >= 11 is 0. The zero-order valence-electron chi connectivity index (χ0n) is 12.8. The third-order valence-electron chi connectivity index (χ3n) is 4.44. The highest BCUT2D eigenvalue weighted by Gasteiger charge is 2.36. The number of ether oxygens (including phenoxy) is 1. The number of carbonyl (C=O) groups excluding carboxylic acids is 1. The summed E-state index contributed by atoms with van der Waals surface area (Å²) in [6, 6.07) is 3.93. The third kappa shape index (κ3) is 2.88. The van der Waals surface area contributed by atoms with Gasteiger partial charge in [-0.1, -0.05) is 12.8 Å². The number of rotatable bonds is 2. The van der Waals surface area contributed by atoms with Crippen molar-refractivity contribution in [3.63, 3.8) is 0 Å². The van der Waals surface area contributed by atoms with Crippen LogP contribution in [-0.2, 0) is 4.74 Å². The summed E-state index contributed by atoms with van der Waals surface area (Å²) in [6.45, 7) is 1.35. The monoisotopic (exact) mass is 289 g/mol. The Morgan fingerprint density at radius 3 is 3.00 bits per heavy atom. The fourth-order valence-corrected chi connectivity index (χ4v) is 3.31. The first-order valence-corrected chi connectivity index (χ1v) is 7.73. The van der Waals surface area contributed by atoms with E-state index >= 15 is 0 Å². The lowest BCUT2D eigenvalue weighted by atomic mass is 9.90. The molecule has 5 nitrogen and oxygen atoms in total. The standard InChI is InChI=1S/C16H23N3O2/c1-18(2)15-11-12(7-8-17-15)16(20)19-9-10-21-14-6-4-3-5-13(14)19/h7-8,11,13-14H,3-6,9-10H2,1-2H3/t13-,14+/m0/s1. The SMILES string of the molecule is CN(C)c1cc(C(=O)N2CCO[C@@H]3CCCC[C@@H]32)ccn1. The maximum Gasteiger partial charge on any atom is 0.254 e. The summed E-state index contributed by atoms with van der Waals surface area (Å²) in [5.41, 5.74) is 0.722. The molecule has 0 bridgehead atoms. The first-order valence-electron chi connectivity index (χ1n) is 7.73. The largest absolute Gasteiger partial charge is 0.374 e. The maximum absolute atomic E-state index is 12.9. The Kier molecular flexibility index (Phi) is 4.10. The Balaban J connectivity index is 1.81. The van der Waals surface area contributed by atoms with E-state index in [2.05, 4.69) is 4.98 Å². The van der Waals surface area contributed by atoms with Crippen LogP contribution in [0.15, 0.2) is 18.3 Å². The van der Waals surface area contributed by atoms with Gasteiger partial charge in [-0.05, 0) is 25.0 Å². The molecule has 2 heterocycles. The van der Waals surface area contributed by atoms with Crippen molar-refractivity contribution in [1.29, 1.82) is 0 Å². The maximum atomic E-state index is 12.9. The molecule has 21 heavy (non-hydrogen) atoms. The summed E-state index contributed by atoms with van der Waals surface area (Å²) < 4.78 is 5.85. The molecular formula is C16H23N3O2. The van der Waals surface area contributed by atoms with Crippen molar-refractivity contribution in [3.05, 3.63) is 23.9 Å². The molecule has 5 heteroatoms. The van der Waals surface area contributed by atoms with Crippen LogP contribution < -0.4 is 4.90 Å². The topological polar surface area (TPSA) is 45.7 Å². The van der Waals surface area contributed by atoms with Gasteiger partial charge in [0.1, 0.15) is 5.82 Å². The van der Waals surface area contributed by atoms with Crippen LogP contribution in [-0.4, -0.2) is 55.2 Å². The number of amides is 1. The molecule has 2 atom stereocenters. The highest BCUT2D eigenvalue weighted by Crippen LogP contribution is 2.29. The number of pyridine rings is 1. The van der Waals surface area contributed by atoms with Crippen LogP contribution in [0.2, 0.25) is 0 Å². The Bertz CT molecular complexity index is 516. The minimum atomic E-state index is 0.112. The normalized spacial score (nSPS) is 25.3. The van der Waals surface area contributed by atoms with E-state index in [1.54, 1.807) is 6.20 Å². The highest BCUT2D eigenvalue weighted by atomic mass is 16.5. The fraction of sp³-hybridized carbons (Fsp3) is 0.625. The molecule has 2 fully saturated rings. The van der Waals surface area contributed by atoms with Gasteiger partial charge in [-0.2, -0.15) is 0 Å². The zero-order chi connectivity index (χ0) is 14.8. The molecule has 2 aliphatic rings. The van der Waals surface area contributed by atoms with Crippen molar-refractivity contribution in [2.45, 2.75) is 37.8 Å². The molecule has 0 unspecified atom stereocenters. The summed E-state index contributed by atoms with van der Waals surface area (Å²) in [6.07, 6.45) is 6.47. The molecule has 0 aromatic carbocycles. The average molecular weight is 289 g/mol. The smallest absolute Gasteiger partial charge is 0.254 e. The van der Waals surface area contributed by atoms with Crippen molar-refractivity contribution >= 4 is 11.7 Å². The van der Waals surface area contributed by atoms with Crippen LogP contribution >= 0.6 is 0 Å². The number of hydrogen-bond acceptors (Lipinski definition) is 4. The van der Waals surface area contributed by atoms with Gasteiger partial charge in [0, 0.05) is 32.4 Å². The highest BCUT2D eigenvalue weighted by molar-refractivity contribution is 5.95. The van der Waals surface area contributed by atoms with Crippen LogP contribution in [0.4, 0.5) is 5.82 Å². The van der Waals surface area contributed by atoms with Crippen molar-refractivity contribution in [2.75, 3.05) is 32.1 Å². The second-order valence-corrected chi connectivity index (χ2v) is 6.06. The number of anilines is 1. The van der Waals surface area contributed by atoms with Gasteiger partial charge in [-0.15, -0.1) is 0 Å². The molecule has 1 aliphatic heterocycles. The van der Waals surface area contributed by atoms with E-state index in [4.69, 9.17) is 4.74 Å². The van der Waals surface area contributed by atoms with Crippen molar-refractivity contribution in [2.24, 2.45) is 0 Å². The second-order valence-electron chi connectivity index (χ2n) is 6.06. The Morgan fingerprint density at radius 2 is 2.19 bits per heavy atom. The van der Waals surface area contributed by atoms with Gasteiger partial charge in [-0.3, -0.25) is 4.79 Å². The Labute approximate surface area is 125 Å². The lowest BCUT2D eigenvalue weighted by Gasteiger charge is -2.43. The molecule has 1 saturated carbocycles. The number of nitrogens with zero attached hydrogens (tertiary/aromatic N) is 3.